The Morgan fingerprint density at radius 3 is 2.44 bits per heavy atom. The number of rotatable bonds is 5. The Morgan fingerprint density at radius 2 is 1.88 bits per heavy atom. The van der Waals surface area contributed by atoms with E-state index in [0.717, 1.165) is 12.3 Å². The number of hydrogen-bond donors (Lipinski definition) is 0. The van der Waals surface area contributed by atoms with Crippen molar-refractivity contribution in [2.75, 3.05) is 7.05 Å². The van der Waals surface area contributed by atoms with Crippen LogP contribution in [0.4, 0.5) is 0 Å². The summed E-state index contributed by atoms with van der Waals surface area (Å²) in [6.07, 6.45) is 0.430. The summed E-state index contributed by atoms with van der Waals surface area (Å²) in [6.45, 7) is 4.22. The van der Waals surface area contributed by atoms with E-state index in [0.29, 0.717) is 6.42 Å². The van der Waals surface area contributed by atoms with Gasteiger partial charge in [-0.3, -0.25) is 9.80 Å². The Balaban J connectivity index is 2.53. The summed E-state index contributed by atoms with van der Waals surface area (Å²) in [7, 11) is 1.91. The molecule has 0 N–H and O–H groups in total. The molecule has 86 valence electrons. The maximum Gasteiger partial charge on any atom is 0.135 e. The number of nitrogens with zero attached hydrogens (tertiary/aromatic N) is 2. The summed E-state index contributed by atoms with van der Waals surface area (Å²) in [5, 5.41) is 6.20. The lowest BCUT2D eigenvalue weighted by Gasteiger charge is -2.14. The predicted molar refractivity (Wildman–Crippen MR) is 66.3 cm³/mol. The molecule has 0 heterocycles. The van der Waals surface area contributed by atoms with Crippen molar-refractivity contribution >= 4 is 11.5 Å². The average molecular weight is 218 g/mol. The lowest BCUT2D eigenvalue weighted by molar-refractivity contribution is -0.115. The highest BCUT2D eigenvalue weighted by Crippen LogP contribution is 2.03. The van der Waals surface area contributed by atoms with Crippen LogP contribution in [0.25, 0.3) is 0 Å². The van der Waals surface area contributed by atoms with Crippen molar-refractivity contribution in [3.63, 3.8) is 0 Å². The maximum absolute atomic E-state index is 10.9. The van der Waals surface area contributed by atoms with E-state index in [1.807, 2.05) is 37.2 Å². The quantitative estimate of drug-likeness (QED) is 0.562. The molecule has 0 atom stereocenters. The molecule has 0 aliphatic heterocycles. The standard InChI is InChI=1S/C13H18N2O/c1-11(9-12(2)16)14-15(3)10-13-7-5-4-6-8-13/h4-8H,9-10H2,1-3H3. The van der Waals surface area contributed by atoms with Crippen LogP contribution >= 0.6 is 0 Å². The van der Waals surface area contributed by atoms with Crippen molar-refractivity contribution in [1.82, 2.24) is 5.01 Å². The third-order valence-electron chi connectivity index (χ3n) is 2.10. The van der Waals surface area contributed by atoms with Crippen LogP contribution in [-0.4, -0.2) is 23.6 Å². The van der Waals surface area contributed by atoms with Gasteiger partial charge < -0.3 is 0 Å². The Hall–Kier alpha value is -1.64. The van der Waals surface area contributed by atoms with Gasteiger partial charge >= 0.3 is 0 Å². The van der Waals surface area contributed by atoms with Gasteiger partial charge in [0.2, 0.25) is 0 Å². The van der Waals surface area contributed by atoms with Crippen molar-refractivity contribution in [2.24, 2.45) is 5.10 Å². The molecule has 0 amide bonds. The number of hydrazone groups is 1. The highest BCUT2D eigenvalue weighted by atomic mass is 16.1. The van der Waals surface area contributed by atoms with E-state index in [1.54, 1.807) is 6.92 Å². The van der Waals surface area contributed by atoms with E-state index in [-0.39, 0.29) is 5.78 Å². The summed E-state index contributed by atoms with van der Waals surface area (Å²) in [5.41, 5.74) is 2.07. The van der Waals surface area contributed by atoms with Crippen LogP contribution in [0.2, 0.25) is 0 Å². The van der Waals surface area contributed by atoms with Crippen LogP contribution in [0.15, 0.2) is 35.4 Å². The van der Waals surface area contributed by atoms with Crippen molar-refractivity contribution in [2.45, 2.75) is 26.8 Å². The van der Waals surface area contributed by atoms with Crippen molar-refractivity contribution in [1.29, 1.82) is 0 Å². The average Bonchev–Trinajstić information content (AvgIpc) is 2.17. The van der Waals surface area contributed by atoms with Crippen molar-refractivity contribution in [3.8, 4) is 0 Å². The summed E-state index contributed by atoms with van der Waals surface area (Å²) in [5.74, 6) is 0.148. The molecule has 1 aromatic rings. The highest BCUT2D eigenvalue weighted by Gasteiger charge is 2.00. The van der Waals surface area contributed by atoms with Crippen LogP contribution in [-0.2, 0) is 11.3 Å². The smallest absolute Gasteiger partial charge is 0.135 e. The van der Waals surface area contributed by atoms with Gasteiger partial charge in [-0.1, -0.05) is 30.3 Å². The van der Waals surface area contributed by atoms with E-state index < -0.39 is 0 Å². The molecule has 0 saturated heterocycles. The van der Waals surface area contributed by atoms with Crippen molar-refractivity contribution in [3.05, 3.63) is 35.9 Å². The largest absolute Gasteiger partial charge is 0.300 e. The minimum atomic E-state index is 0.148. The predicted octanol–water partition coefficient (Wildman–Crippen LogP) is 2.47. The molecule has 3 heteroatoms. The van der Waals surface area contributed by atoms with Crippen LogP contribution < -0.4 is 0 Å². The second kappa shape index (κ2) is 6.05. The Bertz CT molecular complexity index is 371. The van der Waals surface area contributed by atoms with Gasteiger partial charge in [-0.25, -0.2) is 0 Å². The molecule has 3 nitrogen and oxygen atoms in total. The van der Waals surface area contributed by atoms with Gasteiger partial charge in [-0.2, -0.15) is 5.10 Å². The van der Waals surface area contributed by atoms with Gasteiger partial charge in [0.05, 0.1) is 6.54 Å². The van der Waals surface area contributed by atoms with E-state index in [9.17, 15) is 4.79 Å². The SMILES string of the molecule is CC(=O)CC(C)=NN(C)Cc1ccccc1. The Labute approximate surface area is 96.8 Å². The summed E-state index contributed by atoms with van der Waals surface area (Å²) < 4.78 is 0. The molecule has 0 unspecified atom stereocenters. The van der Waals surface area contributed by atoms with Gasteiger partial charge in [-0.05, 0) is 19.4 Å². The number of benzene rings is 1. The lowest BCUT2D eigenvalue weighted by Crippen LogP contribution is -2.14. The van der Waals surface area contributed by atoms with Crippen LogP contribution in [0.3, 0.4) is 0 Å². The van der Waals surface area contributed by atoms with E-state index in [1.165, 1.54) is 5.56 Å². The van der Waals surface area contributed by atoms with E-state index in [2.05, 4.69) is 17.2 Å². The Morgan fingerprint density at radius 1 is 1.25 bits per heavy atom. The molecule has 0 aliphatic carbocycles. The third kappa shape index (κ3) is 4.73. The van der Waals surface area contributed by atoms with Gasteiger partial charge in [0, 0.05) is 19.2 Å². The monoisotopic (exact) mass is 218 g/mol. The first kappa shape index (κ1) is 12.4. The highest BCUT2D eigenvalue weighted by molar-refractivity contribution is 5.99. The van der Waals surface area contributed by atoms with E-state index >= 15 is 0 Å². The number of hydrogen-bond acceptors (Lipinski definition) is 3. The minimum absolute atomic E-state index is 0.148. The van der Waals surface area contributed by atoms with Gasteiger partial charge in [0.15, 0.2) is 0 Å². The van der Waals surface area contributed by atoms with Crippen molar-refractivity contribution < 1.29 is 4.79 Å². The summed E-state index contributed by atoms with van der Waals surface area (Å²) in [4.78, 5) is 10.9. The molecule has 0 aromatic heterocycles. The molecule has 0 fully saturated rings. The van der Waals surface area contributed by atoms with Gasteiger partial charge in [0.1, 0.15) is 5.78 Å². The molecular weight excluding hydrogens is 200 g/mol. The number of ketones is 1. The molecule has 0 radical (unpaired) electrons. The van der Waals surface area contributed by atoms with Crippen LogP contribution in [0.1, 0.15) is 25.8 Å². The normalized spacial score (nSPS) is 11.3. The molecule has 0 aliphatic rings. The molecule has 0 bridgehead atoms. The molecule has 0 spiro atoms. The zero-order chi connectivity index (χ0) is 12.0. The lowest BCUT2D eigenvalue weighted by atomic mass is 10.2. The number of carbonyl (C=O) groups is 1. The fraction of sp³-hybridized carbons (Fsp3) is 0.385. The zero-order valence-electron chi connectivity index (χ0n) is 10.1. The topological polar surface area (TPSA) is 32.7 Å². The minimum Gasteiger partial charge on any atom is -0.300 e. The first-order chi connectivity index (χ1) is 7.58. The molecule has 16 heavy (non-hydrogen) atoms. The second-order valence-electron chi connectivity index (χ2n) is 4.02. The fourth-order valence-corrected chi connectivity index (χ4v) is 1.57. The number of Topliss-reactive ketones (excluding diaryl/α,β-unsaturated/α-hetero) is 1. The van der Waals surface area contributed by atoms with Crippen LogP contribution in [0.5, 0.6) is 0 Å². The Kier molecular flexibility index (Phi) is 4.70. The fourth-order valence-electron chi connectivity index (χ4n) is 1.57. The van der Waals surface area contributed by atoms with Gasteiger partial charge in [-0.15, -0.1) is 0 Å². The molecule has 1 aromatic carbocycles. The van der Waals surface area contributed by atoms with Crippen LogP contribution in [0, 0.1) is 0 Å². The third-order valence-corrected chi connectivity index (χ3v) is 2.10. The first-order valence-corrected chi connectivity index (χ1v) is 5.36. The van der Waals surface area contributed by atoms with E-state index in [4.69, 9.17) is 0 Å². The summed E-state index contributed by atoms with van der Waals surface area (Å²) in [6, 6.07) is 10.1. The molecule has 1 rings (SSSR count). The second-order valence-corrected chi connectivity index (χ2v) is 4.02. The number of carbonyl (C=O) groups excluding carboxylic acids is 1. The summed E-state index contributed by atoms with van der Waals surface area (Å²) >= 11 is 0. The zero-order valence-corrected chi connectivity index (χ0v) is 10.1. The molecule has 0 saturated carbocycles. The van der Waals surface area contributed by atoms with Gasteiger partial charge in [0.25, 0.3) is 0 Å². The molecular formula is C13H18N2O. The maximum atomic E-state index is 10.9. The first-order valence-electron chi connectivity index (χ1n) is 5.36.